The molecule has 0 saturated carbocycles. The number of pyridine rings is 1. The predicted molar refractivity (Wildman–Crippen MR) is 93.2 cm³/mol. The highest BCUT2D eigenvalue weighted by molar-refractivity contribution is 5.97. The lowest BCUT2D eigenvalue weighted by atomic mass is 10.1. The van der Waals surface area contributed by atoms with Gasteiger partial charge in [-0.15, -0.1) is 0 Å². The van der Waals surface area contributed by atoms with E-state index in [-0.39, 0.29) is 23.1 Å². The molecule has 6 heteroatoms. The number of fused-ring (bicyclic) bond motifs is 1. The Morgan fingerprint density at radius 2 is 1.96 bits per heavy atom. The topological polar surface area (TPSA) is 76.6 Å². The minimum atomic E-state index is -0.345. The molecule has 1 fully saturated rings. The van der Waals surface area contributed by atoms with E-state index in [2.05, 4.69) is 9.88 Å². The summed E-state index contributed by atoms with van der Waals surface area (Å²) in [6.45, 7) is 5.16. The van der Waals surface area contributed by atoms with Crippen LogP contribution in [0.4, 0.5) is 0 Å². The quantitative estimate of drug-likeness (QED) is 0.879. The maximum Gasteiger partial charge on any atom is 0.261 e. The van der Waals surface area contributed by atoms with Gasteiger partial charge in [0.1, 0.15) is 5.56 Å². The van der Waals surface area contributed by atoms with Crippen molar-refractivity contribution in [3.05, 3.63) is 46.2 Å². The number of H-pyrrole nitrogens is 1. The fourth-order valence-corrected chi connectivity index (χ4v) is 3.04. The Morgan fingerprint density at radius 1 is 1.25 bits per heavy atom. The summed E-state index contributed by atoms with van der Waals surface area (Å²) in [4.78, 5) is 31.6. The van der Waals surface area contributed by atoms with E-state index >= 15 is 0 Å². The molecule has 2 N–H and O–H groups in total. The van der Waals surface area contributed by atoms with Gasteiger partial charge in [-0.25, -0.2) is 0 Å². The number of hydrogen-bond donors (Lipinski definition) is 2. The fourth-order valence-electron chi connectivity index (χ4n) is 3.04. The van der Waals surface area contributed by atoms with E-state index in [1.807, 2.05) is 31.2 Å². The van der Waals surface area contributed by atoms with Crippen molar-refractivity contribution >= 4 is 16.8 Å². The Bertz CT molecular complexity index is 778. The van der Waals surface area contributed by atoms with Gasteiger partial charge in [-0.1, -0.05) is 25.1 Å². The SMILES string of the molecule is CC[C@@H](O)CN1CCN(C(=O)c2cc3ccccc3[nH]c2=O)CC1. The van der Waals surface area contributed by atoms with E-state index in [4.69, 9.17) is 0 Å². The molecule has 1 aromatic heterocycles. The summed E-state index contributed by atoms with van der Waals surface area (Å²) in [5.74, 6) is -0.224. The highest BCUT2D eigenvalue weighted by atomic mass is 16.3. The van der Waals surface area contributed by atoms with Crippen LogP contribution in [-0.4, -0.2) is 64.6 Å². The van der Waals surface area contributed by atoms with Crippen LogP contribution in [0.5, 0.6) is 0 Å². The number of amides is 1. The smallest absolute Gasteiger partial charge is 0.261 e. The maximum atomic E-state index is 12.7. The number of benzene rings is 1. The van der Waals surface area contributed by atoms with Crippen LogP contribution >= 0.6 is 0 Å². The summed E-state index contributed by atoms with van der Waals surface area (Å²) < 4.78 is 0. The molecule has 1 aliphatic rings. The summed E-state index contributed by atoms with van der Waals surface area (Å²) in [6.07, 6.45) is 0.404. The first-order valence-electron chi connectivity index (χ1n) is 8.40. The molecule has 6 nitrogen and oxygen atoms in total. The number of hydrogen-bond acceptors (Lipinski definition) is 4. The van der Waals surface area contributed by atoms with Gasteiger partial charge < -0.3 is 15.0 Å². The van der Waals surface area contributed by atoms with E-state index in [9.17, 15) is 14.7 Å². The van der Waals surface area contributed by atoms with Crippen molar-refractivity contribution in [1.29, 1.82) is 0 Å². The number of piperazine rings is 1. The number of aromatic nitrogens is 1. The minimum absolute atomic E-state index is 0.191. The first kappa shape index (κ1) is 16.7. The Labute approximate surface area is 140 Å². The molecule has 24 heavy (non-hydrogen) atoms. The van der Waals surface area contributed by atoms with Crippen molar-refractivity contribution in [3.8, 4) is 0 Å². The van der Waals surface area contributed by atoms with Gasteiger partial charge in [0.2, 0.25) is 0 Å². The summed E-state index contributed by atoms with van der Waals surface area (Å²) in [6, 6.07) is 9.11. The highest BCUT2D eigenvalue weighted by Crippen LogP contribution is 2.13. The van der Waals surface area contributed by atoms with Crippen LogP contribution in [-0.2, 0) is 0 Å². The Morgan fingerprint density at radius 3 is 2.67 bits per heavy atom. The number of β-amino-alcohol motifs (C(OH)–C–C–N with tert-alkyl or cyclic N) is 1. The molecule has 1 aliphatic heterocycles. The van der Waals surface area contributed by atoms with Gasteiger partial charge in [-0.05, 0) is 23.9 Å². The zero-order chi connectivity index (χ0) is 17.1. The first-order chi connectivity index (χ1) is 11.6. The number of aliphatic hydroxyl groups is 1. The molecule has 0 unspecified atom stereocenters. The van der Waals surface area contributed by atoms with Crippen LogP contribution in [0.15, 0.2) is 35.1 Å². The maximum absolute atomic E-state index is 12.7. The average molecular weight is 329 g/mol. The molecule has 0 radical (unpaired) electrons. The molecule has 1 atom stereocenters. The zero-order valence-electron chi connectivity index (χ0n) is 13.9. The molecule has 0 aliphatic carbocycles. The molecule has 3 rings (SSSR count). The van der Waals surface area contributed by atoms with E-state index in [0.717, 1.165) is 17.3 Å². The number of rotatable bonds is 4. The standard InChI is InChI=1S/C18H23N3O3/c1-2-14(22)12-20-7-9-21(10-8-20)18(24)15-11-13-5-3-4-6-16(13)19-17(15)23/h3-6,11,14,22H,2,7-10,12H2,1H3,(H,19,23)/t14-/m1/s1. The number of para-hydroxylation sites is 1. The number of aromatic amines is 1. The lowest BCUT2D eigenvalue weighted by molar-refractivity contribution is 0.0522. The second-order valence-electron chi connectivity index (χ2n) is 6.25. The summed E-state index contributed by atoms with van der Waals surface area (Å²) in [5.41, 5.74) is 0.579. The highest BCUT2D eigenvalue weighted by Gasteiger charge is 2.24. The van der Waals surface area contributed by atoms with Gasteiger partial charge in [0.15, 0.2) is 0 Å². The van der Waals surface area contributed by atoms with Crippen LogP contribution in [0.3, 0.4) is 0 Å². The lowest BCUT2D eigenvalue weighted by Gasteiger charge is -2.35. The molecule has 1 amide bonds. The third kappa shape index (κ3) is 3.49. The second-order valence-corrected chi connectivity index (χ2v) is 6.25. The molecule has 128 valence electrons. The summed E-state index contributed by atoms with van der Waals surface area (Å²) >= 11 is 0. The monoisotopic (exact) mass is 329 g/mol. The normalized spacial score (nSPS) is 17.2. The van der Waals surface area contributed by atoms with Crippen molar-refractivity contribution in [3.63, 3.8) is 0 Å². The van der Waals surface area contributed by atoms with Crippen LogP contribution in [0.25, 0.3) is 10.9 Å². The predicted octanol–water partition coefficient (Wildman–Crippen LogP) is 1.06. The van der Waals surface area contributed by atoms with Gasteiger partial charge in [0.25, 0.3) is 11.5 Å². The Hall–Kier alpha value is -2.18. The van der Waals surface area contributed by atoms with Crippen LogP contribution < -0.4 is 5.56 Å². The van der Waals surface area contributed by atoms with Crippen molar-refractivity contribution < 1.29 is 9.90 Å². The third-order valence-corrected chi connectivity index (χ3v) is 4.58. The number of aliphatic hydroxyl groups excluding tert-OH is 1. The summed E-state index contributed by atoms with van der Waals surface area (Å²) in [5, 5.41) is 10.6. The second kappa shape index (κ2) is 7.15. The van der Waals surface area contributed by atoms with E-state index < -0.39 is 0 Å². The molecule has 2 heterocycles. The molecular formula is C18H23N3O3. The van der Waals surface area contributed by atoms with Crippen molar-refractivity contribution in [2.24, 2.45) is 0 Å². The molecular weight excluding hydrogens is 306 g/mol. The molecule has 1 aromatic carbocycles. The number of carbonyl (C=O) groups is 1. The minimum Gasteiger partial charge on any atom is -0.392 e. The van der Waals surface area contributed by atoms with Gasteiger partial charge in [-0.3, -0.25) is 14.5 Å². The van der Waals surface area contributed by atoms with Crippen molar-refractivity contribution in [1.82, 2.24) is 14.8 Å². The van der Waals surface area contributed by atoms with Crippen molar-refractivity contribution in [2.45, 2.75) is 19.4 Å². The van der Waals surface area contributed by atoms with Crippen molar-refractivity contribution in [2.75, 3.05) is 32.7 Å². The summed E-state index contributed by atoms with van der Waals surface area (Å²) in [7, 11) is 0. The Balaban J connectivity index is 1.72. The number of nitrogens with one attached hydrogen (secondary N) is 1. The number of carbonyl (C=O) groups excluding carboxylic acids is 1. The average Bonchev–Trinajstić information content (AvgIpc) is 2.61. The number of nitrogens with zero attached hydrogens (tertiary/aromatic N) is 2. The van der Waals surface area contributed by atoms with Crippen LogP contribution in [0, 0.1) is 0 Å². The molecule has 2 aromatic rings. The lowest BCUT2D eigenvalue weighted by Crippen LogP contribution is -2.51. The molecule has 0 bridgehead atoms. The largest absolute Gasteiger partial charge is 0.392 e. The van der Waals surface area contributed by atoms with Gasteiger partial charge in [0.05, 0.1) is 6.10 Å². The van der Waals surface area contributed by atoms with E-state index in [1.54, 1.807) is 11.0 Å². The van der Waals surface area contributed by atoms with Crippen LogP contribution in [0.2, 0.25) is 0 Å². The zero-order valence-corrected chi connectivity index (χ0v) is 13.9. The third-order valence-electron chi connectivity index (χ3n) is 4.58. The Kier molecular flexibility index (Phi) is 4.97. The van der Waals surface area contributed by atoms with Gasteiger partial charge >= 0.3 is 0 Å². The fraction of sp³-hybridized carbons (Fsp3) is 0.444. The first-order valence-corrected chi connectivity index (χ1v) is 8.40. The van der Waals surface area contributed by atoms with E-state index in [1.165, 1.54) is 0 Å². The molecule has 0 spiro atoms. The van der Waals surface area contributed by atoms with E-state index in [0.29, 0.717) is 32.7 Å². The van der Waals surface area contributed by atoms with Gasteiger partial charge in [0, 0.05) is 38.2 Å². The van der Waals surface area contributed by atoms with Crippen LogP contribution in [0.1, 0.15) is 23.7 Å². The molecule has 1 saturated heterocycles. The van der Waals surface area contributed by atoms with Gasteiger partial charge in [-0.2, -0.15) is 0 Å².